The Morgan fingerprint density at radius 1 is 1.10 bits per heavy atom. The third-order valence-corrected chi connectivity index (χ3v) is 0.909. The minimum atomic E-state index is -0.446. The fraction of sp³-hybridized carbons (Fsp3) is 0.778. The first-order valence-corrected chi connectivity index (χ1v) is 3.45. The van der Waals surface area contributed by atoms with E-state index in [1.54, 1.807) is 0 Å². The van der Waals surface area contributed by atoms with E-state index < -0.39 is 5.60 Å². The summed E-state index contributed by atoms with van der Waals surface area (Å²) in [5.41, 5.74) is -0.603. The van der Waals surface area contributed by atoms with E-state index in [0.717, 1.165) is 0 Å². The van der Waals surface area contributed by atoms with E-state index in [0.29, 0.717) is 0 Å². The monoisotopic (exact) mass is 140 g/mol. The maximum Gasteiger partial charge on any atom is 0.123 e. The molecule has 0 atom stereocenters. The summed E-state index contributed by atoms with van der Waals surface area (Å²) in [5, 5.41) is 0. The highest BCUT2D eigenvalue weighted by Gasteiger charge is 2.22. The molecule has 0 rings (SSSR count). The van der Waals surface area contributed by atoms with Crippen LogP contribution in [0.15, 0.2) is 0 Å². The van der Waals surface area contributed by atoms with E-state index in [2.05, 4.69) is 5.92 Å². The molecule has 0 radical (unpaired) electrons. The molecule has 0 aromatic carbocycles. The molecule has 10 heavy (non-hydrogen) atoms. The SMILES string of the molecule is C#CC(C)(C)OC(C)(C)C. The van der Waals surface area contributed by atoms with Crippen molar-refractivity contribution in [3.63, 3.8) is 0 Å². The lowest BCUT2D eigenvalue weighted by molar-refractivity contribution is -0.0801. The fourth-order valence-electron chi connectivity index (χ4n) is 0.795. The van der Waals surface area contributed by atoms with Gasteiger partial charge in [-0.15, -0.1) is 6.42 Å². The summed E-state index contributed by atoms with van der Waals surface area (Å²) in [5.74, 6) is 2.58. The number of hydrogen-bond acceptors (Lipinski definition) is 1. The zero-order chi connectivity index (χ0) is 8.41. The lowest BCUT2D eigenvalue weighted by Crippen LogP contribution is -2.33. The summed E-state index contributed by atoms with van der Waals surface area (Å²) in [6, 6.07) is 0. The van der Waals surface area contributed by atoms with Crippen LogP contribution >= 0.6 is 0 Å². The van der Waals surface area contributed by atoms with Crippen LogP contribution in [-0.2, 0) is 4.74 Å². The van der Waals surface area contributed by atoms with E-state index in [9.17, 15) is 0 Å². The van der Waals surface area contributed by atoms with Gasteiger partial charge in [0.1, 0.15) is 5.60 Å². The Morgan fingerprint density at radius 3 is 1.60 bits per heavy atom. The molecule has 0 saturated heterocycles. The predicted molar refractivity (Wildman–Crippen MR) is 43.8 cm³/mol. The fourth-order valence-corrected chi connectivity index (χ4v) is 0.795. The number of ether oxygens (including phenoxy) is 1. The quantitative estimate of drug-likeness (QED) is 0.507. The third-order valence-electron chi connectivity index (χ3n) is 0.909. The van der Waals surface area contributed by atoms with Crippen LogP contribution < -0.4 is 0 Å². The van der Waals surface area contributed by atoms with Crippen molar-refractivity contribution in [2.75, 3.05) is 0 Å². The third kappa shape index (κ3) is 4.40. The molecule has 0 aromatic heterocycles. The van der Waals surface area contributed by atoms with Crippen LogP contribution in [0.1, 0.15) is 34.6 Å². The molecular weight excluding hydrogens is 124 g/mol. The summed E-state index contributed by atoms with van der Waals surface area (Å²) < 4.78 is 5.54. The van der Waals surface area contributed by atoms with Crippen LogP contribution in [0.2, 0.25) is 0 Å². The highest BCUT2D eigenvalue weighted by molar-refractivity contribution is 5.03. The maximum absolute atomic E-state index is 5.54. The summed E-state index contributed by atoms with van der Waals surface area (Å²) >= 11 is 0. The van der Waals surface area contributed by atoms with Crippen molar-refractivity contribution in [2.24, 2.45) is 0 Å². The molecule has 0 N–H and O–H groups in total. The second kappa shape index (κ2) is 2.64. The lowest BCUT2D eigenvalue weighted by atomic mass is 10.1. The van der Waals surface area contributed by atoms with E-state index in [1.165, 1.54) is 0 Å². The molecule has 0 fully saturated rings. The summed E-state index contributed by atoms with van der Waals surface area (Å²) in [7, 11) is 0. The smallest absolute Gasteiger partial charge is 0.123 e. The first-order chi connectivity index (χ1) is 4.27. The van der Waals surface area contributed by atoms with Gasteiger partial charge < -0.3 is 4.74 Å². The van der Waals surface area contributed by atoms with Crippen LogP contribution in [0.3, 0.4) is 0 Å². The van der Waals surface area contributed by atoms with Crippen LogP contribution in [0.4, 0.5) is 0 Å². The molecule has 1 heteroatoms. The Hall–Kier alpha value is -0.480. The van der Waals surface area contributed by atoms with Gasteiger partial charge >= 0.3 is 0 Å². The van der Waals surface area contributed by atoms with Crippen molar-refractivity contribution in [2.45, 2.75) is 45.8 Å². The average Bonchev–Trinajstić information content (AvgIpc) is 1.60. The molecule has 0 aliphatic heterocycles. The van der Waals surface area contributed by atoms with Crippen molar-refractivity contribution < 1.29 is 4.74 Å². The van der Waals surface area contributed by atoms with Crippen molar-refractivity contribution in [3.8, 4) is 12.3 Å². The molecule has 0 aliphatic rings. The highest BCUT2D eigenvalue weighted by Crippen LogP contribution is 2.18. The molecule has 0 aliphatic carbocycles. The van der Waals surface area contributed by atoms with Crippen molar-refractivity contribution in [1.29, 1.82) is 0 Å². The van der Waals surface area contributed by atoms with E-state index in [4.69, 9.17) is 11.2 Å². The van der Waals surface area contributed by atoms with Gasteiger partial charge in [0.05, 0.1) is 5.60 Å². The Bertz CT molecular complexity index is 143. The standard InChI is InChI=1S/C9H16O/c1-7-9(5,6)10-8(2,3)4/h1H,2-6H3. The van der Waals surface area contributed by atoms with Gasteiger partial charge in [-0.1, -0.05) is 5.92 Å². The van der Waals surface area contributed by atoms with Gasteiger partial charge in [0, 0.05) is 0 Å². The molecule has 1 nitrogen and oxygen atoms in total. The van der Waals surface area contributed by atoms with Crippen molar-refractivity contribution in [3.05, 3.63) is 0 Å². The van der Waals surface area contributed by atoms with Crippen molar-refractivity contribution in [1.82, 2.24) is 0 Å². The number of terminal acetylenes is 1. The first kappa shape index (κ1) is 9.52. The summed E-state index contributed by atoms with van der Waals surface area (Å²) in [4.78, 5) is 0. The van der Waals surface area contributed by atoms with Crippen LogP contribution in [0, 0.1) is 12.3 Å². The first-order valence-electron chi connectivity index (χ1n) is 3.45. The average molecular weight is 140 g/mol. The molecule has 58 valence electrons. The van der Waals surface area contributed by atoms with Gasteiger partial charge in [-0.3, -0.25) is 0 Å². The molecule has 0 unspecified atom stereocenters. The summed E-state index contributed by atoms with van der Waals surface area (Å²) in [6.07, 6.45) is 5.24. The molecule has 0 heterocycles. The zero-order valence-electron chi connectivity index (χ0n) is 7.49. The van der Waals surface area contributed by atoms with E-state index >= 15 is 0 Å². The molecule has 0 aromatic rings. The van der Waals surface area contributed by atoms with Gasteiger partial charge in [0.15, 0.2) is 0 Å². The van der Waals surface area contributed by atoms with Crippen LogP contribution in [-0.4, -0.2) is 11.2 Å². The maximum atomic E-state index is 5.54. The second-order valence-electron chi connectivity index (χ2n) is 3.87. The number of rotatable bonds is 1. The van der Waals surface area contributed by atoms with Gasteiger partial charge in [-0.25, -0.2) is 0 Å². The van der Waals surface area contributed by atoms with Gasteiger partial charge in [-0.2, -0.15) is 0 Å². The van der Waals surface area contributed by atoms with Crippen molar-refractivity contribution >= 4 is 0 Å². The van der Waals surface area contributed by atoms with Gasteiger partial charge in [0.25, 0.3) is 0 Å². The molecule has 0 bridgehead atoms. The minimum absolute atomic E-state index is 0.157. The molecule has 0 saturated carbocycles. The largest absolute Gasteiger partial charge is 0.357 e. The normalized spacial score (nSPS) is 12.8. The predicted octanol–water partition coefficient (Wildman–Crippen LogP) is 2.21. The Labute approximate surface area is 63.8 Å². The Balaban J connectivity index is 4.05. The number of hydrogen-bond donors (Lipinski definition) is 0. The molecule has 0 amide bonds. The topological polar surface area (TPSA) is 9.23 Å². The van der Waals surface area contributed by atoms with E-state index in [-0.39, 0.29) is 5.60 Å². The lowest BCUT2D eigenvalue weighted by Gasteiger charge is -2.29. The minimum Gasteiger partial charge on any atom is -0.357 e. The van der Waals surface area contributed by atoms with Gasteiger partial charge in [0.2, 0.25) is 0 Å². The second-order valence-corrected chi connectivity index (χ2v) is 3.87. The highest BCUT2D eigenvalue weighted by atomic mass is 16.5. The van der Waals surface area contributed by atoms with Gasteiger partial charge in [-0.05, 0) is 34.6 Å². The summed E-state index contributed by atoms with van der Waals surface area (Å²) in [6.45, 7) is 9.75. The molecular formula is C9H16O. The van der Waals surface area contributed by atoms with Crippen LogP contribution in [0.5, 0.6) is 0 Å². The molecule has 0 spiro atoms. The Morgan fingerprint density at radius 2 is 1.50 bits per heavy atom. The zero-order valence-corrected chi connectivity index (χ0v) is 7.49. The van der Waals surface area contributed by atoms with E-state index in [1.807, 2.05) is 34.6 Å². The Kier molecular flexibility index (Phi) is 2.51. The van der Waals surface area contributed by atoms with Crippen LogP contribution in [0.25, 0.3) is 0 Å².